The van der Waals surface area contributed by atoms with Gasteiger partial charge in [-0.05, 0) is 43.9 Å². The van der Waals surface area contributed by atoms with Crippen LogP contribution in [-0.2, 0) is 6.61 Å². The first-order valence-corrected chi connectivity index (χ1v) is 10.5. The Morgan fingerprint density at radius 2 is 2.04 bits per heavy atom. The summed E-state index contributed by atoms with van der Waals surface area (Å²) in [6.45, 7) is 6.17. The molecule has 1 aliphatic rings. The summed E-state index contributed by atoms with van der Waals surface area (Å²) in [5.41, 5.74) is 2.79. The monoisotopic (exact) mass is 395 g/mol. The minimum atomic E-state index is -0.0503. The minimum absolute atomic E-state index is 0.0503. The van der Waals surface area contributed by atoms with Crippen molar-refractivity contribution in [3.63, 3.8) is 0 Å². The van der Waals surface area contributed by atoms with Gasteiger partial charge in [0.25, 0.3) is 0 Å². The van der Waals surface area contributed by atoms with Gasteiger partial charge >= 0.3 is 0 Å². The molecule has 0 bridgehead atoms. The van der Waals surface area contributed by atoms with Gasteiger partial charge in [0, 0.05) is 19.3 Å². The number of aryl methyl sites for hydroxylation is 1. The topological polar surface area (TPSA) is 65.4 Å². The molecule has 6 nitrogen and oxygen atoms in total. The van der Waals surface area contributed by atoms with E-state index in [1.165, 1.54) is 17.8 Å². The van der Waals surface area contributed by atoms with Crippen molar-refractivity contribution in [1.29, 1.82) is 0 Å². The zero-order chi connectivity index (χ0) is 19.5. The van der Waals surface area contributed by atoms with Gasteiger partial charge < -0.3 is 5.11 Å². The average Bonchev–Trinajstić information content (AvgIpc) is 3.10. The van der Waals surface area contributed by atoms with Crippen molar-refractivity contribution in [3.05, 3.63) is 53.3 Å². The molecule has 0 saturated carbocycles. The maximum Gasteiger partial charge on any atom is 0.245 e. The highest BCUT2D eigenvalue weighted by molar-refractivity contribution is 7.15. The molecule has 146 valence electrons. The van der Waals surface area contributed by atoms with Crippen LogP contribution >= 0.6 is 11.3 Å². The van der Waals surface area contributed by atoms with Crippen molar-refractivity contribution in [2.24, 2.45) is 5.92 Å². The lowest BCUT2D eigenvalue weighted by atomic mass is 10.0. The van der Waals surface area contributed by atoms with E-state index in [2.05, 4.69) is 39.0 Å². The van der Waals surface area contributed by atoms with Crippen molar-refractivity contribution in [2.45, 2.75) is 33.3 Å². The number of hydrogen-bond donors (Lipinski definition) is 1. The second kappa shape index (κ2) is 8.34. The predicted molar refractivity (Wildman–Crippen MR) is 112 cm³/mol. The van der Waals surface area contributed by atoms with Crippen molar-refractivity contribution >= 4 is 23.0 Å². The Hall–Kier alpha value is -2.35. The highest BCUT2D eigenvalue weighted by atomic mass is 32.1. The number of anilines is 2. The fourth-order valence-electron chi connectivity index (χ4n) is 3.66. The number of piperidine rings is 1. The van der Waals surface area contributed by atoms with E-state index in [1.54, 1.807) is 6.20 Å². The Kier molecular flexibility index (Phi) is 5.66. The number of thiazole rings is 1. The summed E-state index contributed by atoms with van der Waals surface area (Å²) in [4.78, 5) is 14.9. The Labute approximate surface area is 169 Å². The fraction of sp³-hybridized carbons (Fsp3) is 0.381. The predicted octanol–water partition coefficient (Wildman–Crippen LogP) is 4.19. The van der Waals surface area contributed by atoms with E-state index in [9.17, 15) is 5.11 Å². The first-order chi connectivity index (χ1) is 13.7. The van der Waals surface area contributed by atoms with Crippen LogP contribution in [0.5, 0.6) is 0 Å². The zero-order valence-corrected chi connectivity index (χ0v) is 17.1. The number of nitrogens with zero attached hydrogens (tertiary/aromatic N) is 5. The molecule has 28 heavy (non-hydrogen) atoms. The Morgan fingerprint density at radius 1 is 1.21 bits per heavy atom. The number of hydrazine groups is 1. The lowest BCUT2D eigenvalue weighted by molar-refractivity contribution is 0.183. The number of para-hydroxylation sites is 1. The van der Waals surface area contributed by atoms with E-state index in [0.29, 0.717) is 16.9 Å². The molecule has 1 aliphatic heterocycles. The number of aliphatic hydroxyl groups excluding tert-OH is 1. The normalized spacial score (nSPS) is 17.6. The van der Waals surface area contributed by atoms with Crippen LogP contribution in [0.2, 0.25) is 0 Å². The van der Waals surface area contributed by atoms with Crippen LogP contribution in [0.1, 0.15) is 30.5 Å². The van der Waals surface area contributed by atoms with Crippen LogP contribution in [0.3, 0.4) is 0 Å². The van der Waals surface area contributed by atoms with Crippen LogP contribution < -0.4 is 5.01 Å². The van der Waals surface area contributed by atoms with Crippen molar-refractivity contribution < 1.29 is 5.11 Å². The number of rotatable bonds is 5. The quantitative estimate of drug-likeness (QED) is 0.699. The summed E-state index contributed by atoms with van der Waals surface area (Å²) in [6.07, 6.45) is 4.22. The third-order valence-corrected chi connectivity index (χ3v) is 6.12. The third kappa shape index (κ3) is 3.92. The van der Waals surface area contributed by atoms with E-state index >= 15 is 0 Å². The SMILES string of the molecule is Cc1nc(CO)sc1-c1ccnc(N(c2ccccc2)N2CCCC(C)C2)n1. The van der Waals surface area contributed by atoms with Crippen LogP contribution in [0.4, 0.5) is 11.6 Å². The molecule has 0 aliphatic carbocycles. The van der Waals surface area contributed by atoms with E-state index in [4.69, 9.17) is 4.98 Å². The van der Waals surface area contributed by atoms with Gasteiger partial charge in [-0.25, -0.2) is 25.0 Å². The zero-order valence-electron chi connectivity index (χ0n) is 16.2. The molecule has 1 saturated heterocycles. The summed E-state index contributed by atoms with van der Waals surface area (Å²) in [5, 5.41) is 14.6. The summed E-state index contributed by atoms with van der Waals surface area (Å²) in [7, 11) is 0. The molecule has 7 heteroatoms. The molecular formula is C21H25N5OS. The molecule has 4 rings (SSSR count). The van der Waals surface area contributed by atoms with Crippen molar-refractivity contribution in [3.8, 4) is 10.6 Å². The van der Waals surface area contributed by atoms with Gasteiger partial charge in [-0.2, -0.15) is 0 Å². The summed E-state index contributed by atoms with van der Waals surface area (Å²) < 4.78 is 0. The molecular weight excluding hydrogens is 370 g/mol. The van der Waals surface area contributed by atoms with Gasteiger partial charge in [0.1, 0.15) is 5.01 Å². The number of benzene rings is 1. The molecule has 3 heterocycles. The van der Waals surface area contributed by atoms with Crippen LogP contribution in [0.25, 0.3) is 10.6 Å². The Balaban J connectivity index is 1.75. The number of hydrogen-bond acceptors (Lipinski definition) is 7. The fourth-order valence-corrected chi connectivity index (χ4v) is 4.55. The minimum Gasteiger partial charge on any atom is -0.389 e. The first-order valence-electron chi connectivity index (χ1n) is 9.66. The van der Waals surface area contributed by atoms with E-state index < -0.39 is 0 Å². The highest BCUT2D eigenvalue weighted by Gasteiger charge is 2.26. The van der Waals surface area contributed by atoms with Crippen molar-refractivity contribution in [1.82, 2.24) is 20.0 Å². The van der Waals surface area contributed by atoms with Crippen LogP contribution in [0.15, 0.2) is 42.6 Å². The van der Waals surface area contributed by atoms with Gasteiger partial charge in [-0.3, -0.25) is 0 Å². The molecule has 2 aromatic heterocycles. The number of aromatic nitrogens is 3. The second-order valence-corrected chi connectivity index (χ2v) is 8.31. The molecule has 0 spiro atoms. The molecule has 1 unspecified atom stereocenters. The van der Waals surface area contributed by atoms with Crippen molar-refractivity contribution in [2.75, 3.05) is 18.1 Å². The Bertz CT molecular complexity index is 930. The average molecular weight is 396 g/mol. The molecule has 1 fully saturated rings. The van der Waals surface area contributed by atoms with Gasteiger partial charge in [-0.15, -0.1) is 11.3 Å². The third-order valence-electron chi connectivity index (χ3n) is 4.96. The molecule has 1 atom stereocenters. The van der Waals surface area contributed by atoms with Gasteiger partial charge in [0.15, 0.2) is 0 Å². The second-order valence-electron chi connectivity index (χ2n) is 7.23. The largest absolute Gasteiger partial charge is 0.389 e. The summed E-state index contributed by atoms with van der Waals surface area (Å²) in [6, 6.07) is 12.2. The smallest absolute Gasteiger partial charge is 0.245 e. The van der Waals surface area contributed by atoms with Gasteiger partial charge in [0.2, 0.25) is 5.95 Å². The lowest BCUT2D eigenvalue weighted by Gasteiger charge is -2.39. The maximum absolute atomic E-state index is 9.41. The standard InChI is InChI=1S/C21H25N5OS/c1-15-7-6-12-25(13-15)26(17-8-4-3-5-9-17)21-22-11-10-18(24-21)20-16(2)23-19(14-27)28-20/h3-5,8-11,15,27H,6-7,12-14H2,1-2H3. The first kappa shape index (κ1) is 19.0. The lowest BCUT2D eigenvalue weighted by Crippen LogP contribution is -2.46. The van der Waals surface area contributed by atoms with E-state index in [-0.39, 0.29) is 6.61 Å². The molecule has 0 amide bonds. The maximum atomic E-state index is 9.41. The van der Waals surface area contributed by atoms with E-state index in [0.717, 1.165) is 41.5 Å². The number of aliphatic hydroxyl groups is 1. The molecule has 0 radical (unpaired) electrons. The van der Waals surface area contributed by atoms with Crippen LogP contribution in [-0.4, -0.2) is 38.2 Å². The summed E-state index contributed by atoms with van der Waals surface area (Å²) >= 11 is 1.48. The van der Waals surface area contributed by atoms with E-state index in [1.807, 2.05) is 31.2 Å². The van der Waals surface area contributed by atoms with Gasteiger partial charge in [-0.1, -0.05) is 25.1 Å². The summed E-state index contributed by atoms with van der Waals surface area (Å²) in [5.74, 6) is 1.30. The Morgan fingerprint density at radius 3 is 2.75 bits per heavy atom. The molecule has 3 aromatic rings. The molecule has 1 N–H and O–H groups in total. The van der Waals surface area contributed by atoms with Crippen LogP contribution in [0, 0.1) is 12.8 Å². The molecule has 1 aromatic carbocycles. The van der Waals surface area contributed by atoms with Gasteiger partial charge in [0.05, 0.1) is 28.6 Å². The highest BCUT2D eigenvalue weighted by Crippen LogP contribution is 2.32.